The molecule has 0 bridgehead atoms. The summed E-state index contributed by atoms with van der Waals surface area (Å²) >= 11 is 0. The Bertz CT molecular complexity index is 260. The maximum Gasteiger partial charge on any atom is 0.0826 e. The van der Waals surface area contributed by atoms with E-state index in [1.165, 1.54) is 6.42 Å². The van der Waals surface area contributed by atoms with E-state index in [9.17, 15) is 0 Å². The van der Waals surface area contributed by atoms with Gasteiger partial charge in [0.05, 0.1) is 18.3 Å². The monoisotopic (exact) mass is 256 g/mol. The fourth-order valence-electron chi connectivity index (χ4n) is 3.08. The van der Waals surface area contributed by atoms with E-state index < -0.39 is 0 Å². The number of ether oxygens (including phenoxy) is 2. The minimum absolute atomic E-state index is 0.0831. The second kappa shape index (κ2) is 6.33. The Kier molecular flexibility index (Phi) is 5.01. The first-order valence-corrected chi connectivity index (χ1v) is 7.31. The first kappa shape index (κ1) is 14.3. The molecule has 0 saturated carbocycles. The van der Waals surface area contributed by atoms with Gasteiger partial charge in [0, 0.05) is 32.3 Å². The largest absolute Gasteiger partial charge is 0.375 e. The van der Waals surface area contributed by atoms with Crippen LogP contribution in [-0.2, 0) is 9.47 Å². The Labute approximate surface area is 111 Å². The van der Waals surface area contributed by atoms with Gasteiger partial charge in [0.2, 0.25) is 0 Å². The standard InChI is InChI=1S/C14H28N2O2/c1-4-14(2)9-12(5-7-18-14)16-6-8-17-13(11-16)10-15-3/h12-13,15H,4-11H2,1-3H3. The summed E-state index contributed by atoms with van der Waals surface area (Å²) in [5.41, 5.74) is 0.0831. The van der Waals surface area contributed by atoms with Crippen molar-refractivity contribution in [3.05, 3.63) is 0 Å². The average molecular weight is 256 g/mol. The number of rotatable bonds is 4. The summed E-state index contributed by atoms with van der Waals surface area (Å²) in [5.74, 6) is 0. The fourth-order valence-corrected chi connectivity index (χ4v) is 3.08. The lowest BCUT2D eigenvalue weighted by Crippen LogP contribution is -2.54. The van der Waals surface area contributed by atoms with E-state index in [0.29, 0.717) is 12.1 Å². The van der Waals surface area contributed by atoms with Crippen molar-refractivity contribution in [3.63, 3.8) is 0 Å². The number of hydrogen-bond acceptors (Lipinski definition) is 4. The van der Waals surface area contributed by atoms with Crippen LogP contribution in [0.5, 0.6) is 0 Å². The third-order valence-electron chi connectivity index (χ3n) is 4.44. The minimum Gasteiger partial charge on any atom is -0.375 e. The SMILES string of the molecule is CCC1(C)CC(N2CCOC(CNC)C2)CCO1. The number of likely N-dealkylation sites (N-methyl/N-ethyl adjacent to an activating group) is 1. The maximum absolute atomic E-state index is 5.94. The van der Waals surface area contributed by atoms with Gasteiger partial charge in [-0.15, -0.1) is 0 Å². The smallest absolute Gasteiger partial charge is 0.0826 e. The van der Waals surface area contributed by atoms with Gasteiger partial charge in [-0.1, -0.05) is 6.92 Å². The van der Waals surface area contributed by atoms with Gasteiger partial charge in [-0.25, -0.2) is 0 Å². The molecule has 2 saturated heterocycles. The summed E-state index contributed by atoms with van der Waals surface area (Å²) in [6, 6.07) is 0.673. The Morgan fingerprint density at radius 2 is 2.22 bits per heavy atom. The number of nitrogens with one attached hydrogen (secondary N) is 1. The van der Waals surface area contributed by atoms with Gasteiger partial charge in [0.1, 0.15) is 0 Å². The molecule has 2 aliphatic heterocycles. The Morgan fingerprint density at radius 1 is 1.39 bits per heavy atom. The van der Waals surface area contributed by atoms with Crippen LogP contribution >= 0.6 is 0 Å². The third kappa shape index (κ3) is 3.44. The second-order valence-electron chi connectivity index (χ2n) is 5.84. The van der Waals surface area contributed by atoms with Crippen molar-refractivity contribution in [1.82, 2.24) is 10.2 Å². The lowest BCUT2D eigenvalue weighted by atomic mass is 9.88. The lowest BCUT2D eigenvalue weighted by Gasteiger charge is -2.45. The third-order valence-corrected chi connectivity index (χ3v) is 4.44. The van der Waals surface area contributed by atoms with E-state index in [0.717, 1.165) is 45.7 Å². The normalized spacial score (nSPS) is 38.8. The molecule has 3 unspecified atom stereocenters. The number of morpholine rings is 1. The van der Waals surface area contributed by atoms with Crippen molar-refractivity contribution < 1.29 is 9.47 Å². The van der Waals surface area contributed by atoms with Gasteiger partial charge in [-0.3, -0.25) is 4.90 Å². The van der Waals surface area contributed by atoms with Crippen molar-refractivity contribution in [3.8, 4) is 0 Å². The maximum atomic E-state index is 5.94. The summed E-state index contributed by atoms with van der Waals surface area (Å²) in [5, 5.41) is 3.21. The molecule has 18 heavy (non-hydrogen) atoms. The van der Waals surface area contributed by atoms with Crippen LogP contribution in [0, 0.1) is 0 Å². The molecule has 0 amide bonds. The van der Waals surface area contributed by atoms with E-state index >= 15 is 0 Å². The molecule has 0 aromatic rings. The van der Waals surface area contributed by atoms with Crippen LogP contribution in [0.15, 0.2) is 0 Å². The molecule has 0 radical (unpaired) electrons. The van der Waals surface area contributed by atoms with Crippen molar-refractivity contribution in [2.75, 3.05) is 39.9 Å². The predicted molar refractivity (Wildman–Crippen MR) is 72.9 cm³/mol. The summed E-state index contributed by atoms with van der Waals surface area (Å²) in [7, 11) is 1.99. The van der Waals surface area contributed by atoms with Gasteiger partial charge in [-0.05, 0) is 33.2 Å². The Morgan fingerprint density at radius 3 is 2.94 bits per heavy atom. The zero-order valence-electron chi connectivity index (χ0n) is 12.1. The van der Waals surface area contributed by atoms with Gasteiger partial charge < -0.3 is 14.8 Å². The van der Waals surface area contributed by atoms with E-state index in [2.05, 4.69) is 24.1 Å². The summed E-state index contributed by atoms with van der Waals surface area (Å²) in [6.45, 7) is 9.34. The molecule has 0 aliphatic carbocycles. The number of hydrogen-bond donors (Lipinski definition) is 1. The van der Waals surface area contributed by atoms with E-state index in [-0.39, 0.29) is 5.60 Å². The molecule has 106 valence electrons. The van der Waals surface area contributed by atoms with Crippen LogP contribution in [-0.4, -0.2) is 62.5 Å². The van der Waals surface area contributed by atoms with E-state index in [1.54, 1.807) is 0 Å². The minimum atomic E-state index is 0.0831. The van der Waals surface area contributed by atoms with E-state index in [4.69, 9.17) is 9.47 Å². The van der Waals surface area contributed by atoms with Gasteiger partial charge >= 0.3 is 0 Å². The highest BCUT2D eigenvalue weighted by Gasteiger charge is 2.36. The number of nitrogens with zero attached hydrogens (tertiary/aromatic N) is 1. The van der Waals surface area contributed by atoms with Crippen molar-refractivity contribution in [2.24, 2.45) is 0 Å². The molecule has 2 rings (SSSR count). The Hall–Kier alpha value is -0.160. The molecular weight excluding hydrogens is 228 g/mol. The quantitative estimate of drug-likeness (QED) is 0.821. The van der Waals surface area contributed by atoms with Crippen LogP contribution in [0.2, 0.25) is 0 Å². The molecule has 3 atom stereocenters. The first-order valence-electron chi connectivity index (χ1n) is 7.31. The molecule has 0 aromatic heterocycles. The van der Waals surface area contributed by atoms with Crippen LogP contribution in [0.1, 0.15) is 33.1 Å². The van der Waals surface area contributed by atoms with Crippen molar-refractivity contribution in [1.29, 1.82) is 0 Å². The lowest BCUT2D eigenvalue weighted by molar-refractivity contribution is -0.116. The van der Waals surface area contributed by atoms with Gasteiger partial charge in [0.15, 0.2) is 0 Å². The molecular formula is C14H28N2O2. The van der Waals surface area contributed by atoms with Crippen LogP contribution in [0.4, 0.5) is 0 Å². The van der Waals surface area contributed by atoms with Gasteiger partial charge in [0.25, 0.3) is 0 Å². The van der Waals surface area contributed by atoms with Gasteiger partial charge in [-0.2, -0.15) is 0 Å². The van der Waals surface area contributed by atoms with Crippen LogP contribution in [0.3, 0.4) is 0 Å². The highest BCUT2D eigenvalue weighted by Crippen LogP contribution is 2.31. The fraction of sp³-hybridized carbons (Fsp3) is 1.00. The predicted octanol–water partition coefficient (Wildman–Crippen LogP) is 1.25. The summed E-state index contributed by atoms with van der Waals surface area (Å²) in [4.78, 5) is 2.61. The summed E-state index contributed by atoms with van der Waals surface area (Å²) in [6.07, 6.45) is 3.78. The summed E-state index contributed by atoms with van der Waals surface area (Å²) < 4.78 is 11.7. The van der Waals surface area contributed by atoms with Crippen molar-refractivity contribution >= 4 is 0 Å². The molecule has 1 N–H and O–H groups in total. The molecule has 2 heterocycles. The van der Waals surface area contributed by atoms with Crippen molar-refractivity contribution in [2.45, 2.75) is 50.9 Å². The van der Waals surface area contributed by atoms with E-state index in [1.807, 2.05) is 7.05 Å². The zero-order chi connectivity index (χ0) is 13.0. The molecule has 0 spiro atoms. The first-order chi connectivity index (χ1) is 8.67. The Balaban J connectivity index is 1.90. The van der Waals surface area contributed by atoms with Crippen LogP contribution in [0.25, 0.3) is 0 Å². The molecule has 2 aliphatic rings. The highest BCUT2D eigenvalue weighted by molar-refractivity contribution is 4.89. The molecule has 2 fully saturated rings. The molecule has 0 aromatic carbocycles. The average Bonchev–Trinajstić information content (AvgIpc) is 2.40. The zero-order valence-corrected chi connectivity index (χ0v) is 12.1. The topological polar surface area (TPSA) is 33.7 Å². The second-order valence-corrected chi connectivity index (χ2v) is 5.84. The van der Waals surface area contributed by atoms with Crippen LogP contribution < -0.4 is 5.32 Å². The molecule has 4 heteroatoms. The highest BCUT2D eigenvalue weighted by atomic mass is 16.5. The molecule has 4 nitrogen and oxygen atoms in total.